The second-order valence-electron chi connectivity index (χ2n) is 3.21. The van der Waals surface area contributed by atoms with E-state index in [4.69, 9.17) is 4.74 Å². The molecule has 2 heterocycles. The fourth-order valence-corrected chi connectivity index (χ4v) is 1.36. The highest BCUT2D eigenvalue weighted by molar-refractivity contribution is 5.68. The van der Waals surface area contributed by atoms with Crippen molar-refractivity contribution in [2.75, 3.05) is 0 Å². The third-order valence-corrected chi connectivity index (χ3v) is 2.11. The van der Waals surface area contributed by atoms with Crippen LogP contribution in [-0.2, 0) is 0 Å². The highest BCUT2D eigenvalue weighted by Gasteiger charge is 2.03. The van der Waals surface area contributed by atoms with Gasteiger partial charge in [-0.15, -0.1) is 0 Å². The summed E-state index contributed by atoms with van der Waals surface area (Å²) < 4.78 is 5.48. The van der Waals surface area contributed by atoms with Crippen LogP contribution >= 0.6 is 0 Å². The van der Waals surface area contributed by atoms with Crippen molar-refractivity contribution < 1.29 is 4.74 Å². The minimum atomic E-state index is 0.297. The summed E-state index contributed by atoms with van der Waals surface area (Å²) in [6.45, 7) is 0. The number of para-hydroxylation sites is 1. The molecule has 2 aromatic heterocycles. The fraction of sp³-hybridized carbons (Fsp3) is 0. The van der Waals surface area contributed by atoms with E-state index in [0.29, 0.717) is 17.4 Å². The van der Waals surface area contributed by atoms with Crippen molar-refractivity contribution in [3.05, 3.63) is 42.9 Å². The lowest BCUT2D eigenvalue weighted by Gasteiger charge is -2.01. The van der Waals surface area contributed by atoms with Crippen LogP contribution in [0.25, 0.3) is 11.2 Å². The van der Waals surface area contributed by atoms with Crippen LogP contribution in [0.5, 0.6) is 11.8 Å². The summed E-state index contributed by atoms with van der Waals surface area (Å²) in [5, 5.41) is 0. The topological polar surface area (TPSA) is 63.7 Å². The van der Waals surface area contributed by atoms with Crippen molar-refractivity contribution in [1.82, 2.24) is 19.9 Å². The van der Waals surface area contributed by atoms with Crippen LogP contribution in [-0.4, -0.2) is 19.9 Å². The zero-order valence-electron chi connectivity index (χ0n) is 8.29. The summed E-state index contributed by atoms with van der Waals surface area (Å²) >= 11 is 0. The Morgan fingerprint density at radius 2 is 1.94 bits per heavy atom. The maximum atomic E-state index is 5.48. The molecule has 0 saturated heterocycles. The SMILES string of the molecule is c1ccc(Oc2ncc3[nH]cnc3n2)cc1. The van der Waals surface area contributed by atoms with Gasteiger partial charge in [-0.05, 0) is 12.1 Å². The zero-order chi connectivity index (χ0) is 10.8. The molecule has 5 nitrogen and oxygen atoms in total. The number of aromatic nitrogens is 4. The molecule has 16 heavy (non-hydrogen) atoms. The van der Waals surface area contributed by atoms with Crippen molar-refractivity contribution in [3.63, 3.8) is 0 Å². The lowest BCUT2D eigenvalue weighted by molar-refractivity contribution is 0.444. The van der Waals surface area contributed by atoms with Gasteiger partial charge in [0.15, 0.2) is 5.65 Å². The van der Waals surface area contributed by atoms with Gasteiger partial charge in [-0.2, -0.15) is 4.98 Å². The summed E-state index contributed by atoms with van der Waals surface area (Å²) in [6, 6.07) is 9.69. The van der Waals surface area contributed by atoms with Crippen LogP contribution in [0.3, 0.4) is 0 Å². The molecule has 78 valence electrons. The molecule has 0 atom stereocenters. The Hall–Kier alpha value is -2.43. The number of nitrogens with one attached hydrogen (secondary N) is 1. The first-order chi connectivity index (χ1) is 7.92. The number of hydrogen-bond acceptors (Lipinski definition) is 4. The average molecular weight is 212 g/mol. The van der Waals surface area contributed by atoms with Gasteiger partial charge in [-0.3, -0.25) is 0 Å². The van der Waals surface area contributed by atoms with Gasteiger partial charge >= 0.3 is 6.01 Å². The summed E-state index contributed by atoms with van der Waals surface area (Å²) in [6.07, 6.45) is 3.22. The third-order valence-electron chi connectivity index (χ3n) is 2.11. The predicted molar refractivity (Wildman–Crippen MR) is 58.2 cm³/mol. The maximum Gasteiger partial charge on any atom is 0.324 e. The van der Waals surface area contributed by atoms with Crippen molar-refractivity contribution in [2.24, 2.45) is 0 Å². The first-order valence-corrected chi connectivity index (χ1v) is 4.81. The van der Waals surface area contributed by atoms with Crippen molar-refractivity contribution in [3.8, 4) is 11.8 Å². The Morgan fingerprint density at radius 1 is 1.06 bits per heavy atom. The molecule has 0 spiro atoms. The van der Waals surface area contributed by atoms with E-state index < -0.39 is 0 Å². The van der Waals surface area contributed by atoms with E-state index in [1.54, 1.807) is 12.5 Å². The number of fused-ring (bicyclic) bond motifs is 1. The first-order valence-electron chi connectivity index (χ1n) is 4.81. The van der Waals surface area contributed by atoms with Crippen LogP contribution in [0.2, 0.25) is 0 Å². The second kappa shape index (κ2) is 3.62. The lowest BCUT2D eigenvalue weighted by Crippen LogP contribution is -1.91. The normalized spacial score (nSPS) is 10.5. The maximum absolute atomic E-state index is 5.48. The van der Waals surface area contributed by atoms with Crippen LogP contribution in [0.4, 0.5) is 0 Å². The smallest absolute Gasteiger partial charge is 0.324 e. The second-order valence-corrected chi connectivity index (χ2v) is 3.21. The predicted octanol–water partition coefficient (Wildman–Crippen LogP) is 2.15. The molecular weight excluding hydrogens is 204 g/mol. The van der Waals surface area contributed by atoms with E-state index in [1.807, 2.05) is 30.3 Å². The standard InChI is InChI=1S/C11H8N4O/c1-2-4-8(5-3-1)16-11-12-6-9-10(15-11)14-7-13-9/h1-7H,(H,12,13,14,15). The molecule has 0 radical (unpaired) electrons. The van der Waals surface area contributed by atoms with Gasteiger partial charge in [-0.1, -0.05) is 18.2 Å². The number of rotatable bonds is 2. The number of imidazole rings is 1. The highest BCUT2D eigenvalue weighted by Crippen LogP contribution is 2.17. The molecule has 0 bridgehead atoms. The molecule has 1 N–H and O–H groups in total. The van der Waals surface area contributed by atoms with Gasteiger partial charge in [0.05, 0.1) is 12.5 Å². The molecular formula is C11H8N4O. The molecule has 0 saturated carbocycles. The molecule has 0 amide bonds. The van der Waals surface area contributed by atoms with Crippen molar-refractivity contribution in [2.45, 2.75) is 0 Å². The van der Waals surface area contributed by atoms with Gasteiger partial charge in [0, 0.05) is 0 Å². The highest BCUT2D eigenvalue weighted by atomic mass is 16.5. The van der Waals surface area contributed by atoms with Crippen LogP contribution in [0.15, 0.2) is 42.9 Å². The largest absolute Gasteiger partial charge is 0.424 e. The number of aromatic amines is 1. The fourth-order valence-electron chi connectivity index (χ4n) is 1.36. The van der Waals surface area contributed by atoms with E-state index in [2.05, 4.69) is 19.9 Å². The number of nitrogens with zero attached hydrogens (tertiary/aromatic N) is 3. The number of benzene rings is 1. The van der Waals surface area contributed by atoms with E-state index >= 15 is 0 Å². The van der Waals surface area contributed by atoms with Gasteiger partial charge in [-0.25, -0.2) is 9.97 Å². The Morgan fingerprint density at radius 3 is 2.81 bits per heavy atom. The number of ether oxygens (including phenoxy) is 1. The Bertz CT molecular complexity index is 605. The Labute approximate surface area is 91.2 Å². The van der Waals surface area contributed by atoms with E-state index in [0.717, 1.165) is 5.52 Å². The molecule has 0 unspecified atom stereocenters. The van der Waals surface area contributed by atoms with Crippen molar-refractivity contribution >= 4 is 11.2 Å². The molecule has 1 aromatic carbocycles. The summed E-state index contributed by atoms with van der Waals surface area (Å²) in [7, 11) is 0. The molecule has 3 aromatic rings. The minimum absolute atomic E-state index is 0.297. The molecule has 5 heteroatoms. The Kier molecular flexibility index (Phi) is 2.00. The number of H-pyrrole nitrogens is 1. The van der Waals surface area contributed by atoms with Gasteiger partial charge in [0.2, 0.25) is 0 Å². The summed E-state index contributed by atoms with van der Waals surface area (Å²) in [5.74, 6) is 0.706. The molecule has 0 aliphatic rings. The van der Waals surface area contributed by atoms with Crippen LogP contribution in [0.1, 0.15) is 0 Å². The van der Waals surface area contributed by atoms with Crippen molar-refractivity contribution in [1.29, 1.82) is 0 Å². The van der Waals surface area contributed by atoms with E-state index in [1.165, 1.54) is 0 Å². The molecule has 0 aliphatic carbocycles. The van der Waals surface area contributed by atoms with E-state index in [9.17, 15) is 0 Å². The minimum Gasteiger partial charge on any atom is -0.424 e. The van der Waals surface area contributed by atoms with Crippen LogP contribution in [0, 0.1) is 0 Å². The monoisotopic (exact) mass is 212 g/mol. The first kappa shape index (κ1) is 8.84. The quantitative estimate of drug-likeness (QED) is 0.706. The van der Waals surface area contributed by atoms with Gasteiger partial charge in [0.25, 0.3) is 0 Å². The van der Waals surface area contributed by atoms with Gasteiger partial charge < -0.3 is 9.72 Å². The van der Waals surface area contributed by atoms with Crippen LogP contribution < -0.4 is 4.74 Å². The Balaban J connectivity index is 1.94. The lowest BCUT2D eigenvalue weighted by atomic mass is 10.3. The summed E-state index contributed by atoms with van der Waals surface area (Å²) in [4.78, 5) is 15.2. The average Bonchev–Trinajstić information content (AvgIpc) is 2.77. The number of hydrogen-bond donors (Lipinski definition) is 1. The molecule has 0 fully saturated rings. The zero-order valence-corrected chi connectivity index (χ0v) is 8.29. The summed E-state index contributed by atoms with van der Waals surface area (Å²) in [5.41, 5.74) is 1.39. The molecule has 0 aliphatic heterocycles. The van der Waals surface area contributed by atoms with Gasteiger partial charge in [0.1, 0.15) is 11.3 Å². The third kappa shape index (κ3) is 1.58. The van der Waals surface area contributed by atoms with E-state index in [-0.39, 0.29) is 0 Å². The molecule has 3 rings (SSSR count).